The second kappa shape index (κ2) is 7.98. The number of aromatic nitrogens is 3. The molecule has 0 amide bonds. The molecule has 0 aliphatic rings. The summed E-state index contributed by atoms with van der Waals surface area (Å²) in [5, 5.41) is 13.6. The highest BCUT2D eigenvalue weighted by molar-refractivity contribution is 7.89. The average molecular weight is 442 g/mol. The van der Waals surface area contributed by atoms with Crippen molar-refractivity contribution < 1.29 is 13.2 Å². The molecule has 0 aliphatic carbocycles. The molecule has 2 aromatic heterocycles. The molecule has 0 atom stereocenters. The lowest BCUT2D eigenvalue weighted by Crippen LogP contribution is -2.12. The molecule has 0 saturated carbocycles. The predicted octanol–water partition coefficient (Wildman–Crippen LogP) is 2.96. The highest BCUT2D eigenvalue weighted by atomic mass is 32.2. The fraction of sp³-hybridized carbons (Fsp3) is 0.150. The summed E-state index contributed by atoms with van der Waals surface area (Å²) in [6.07, 6.45) is 2.54. The number of fused-ring (bicyclic) bond motifs is 1. The van der Waals surface area contributed by atoms with Crippen molar-refractivity contribution in [1.82, 2.24) is 14.6 Å². The molecule has 10 heteroatoms. The number of carbonyl (C=O) groups is 1. The number of imidazole rings is 1. The van der Waals surface area contributed by atoms with Gasteiger partial charge in [0.05, 0.1) is 16.8 Å². The molecule has 0 unspecified atom stereocenters. The normalized spacial score (nSPS) is 11.7. The summed E-state index contributed by atoms with van der Waals surface area (Å²) in [5.41, 5.74) is 3.27. The minimum atomic E-state index is -3.67. The van der Waals surface area contributed by atoms with Gasteiger partial charge in [0.2, 0.25) is 20.1 Å². The van der Waals surface area contributed by atoms with Gasteiger partial charge in [-0.2, -0.15) is 0 Å². The van der Waals surface area contributed by atoms with Crippen LogP contribution >= 0.6 is 11.3 Å². The molecule has 3 N–H and O–H groups in total. The van der Waals surface area contributed by atoms with Crippen LogP contribution < -0.4 is 10.5 Å². The Hall–Kier alpha value is -3.08. The number of anilines is 1. The lowest BCUT2D eigenvalue weighted by Gasteiger charge is -2.04. The molecule has 2 aromatic carbocycles. The lowest BCUT2D eigenvalue weighted by atomic mass is 10.1. The van der Waals surface area contributed by atoms with Crippen LogP contribution in [-0.2, 0) is 16.4 Å². The number of benzene rings is 2. The van der Waals surface area contributed by atoms with E-state index in [1.165, 1.54) is 23.5 Å². The third kappa shape index (κ3) is 4.40. The van der Waals surface area contributed by atoms with E-state index in [-0.39, 0.29) is 10.7 Å². The van der Waals surface area contributed by atoms with E-state index in [1.807, 2.05) is 24.4 Å². The van der Waals surface area contributed by atoms with Crippen LogP contribution in [0.5, 0.6) is 0 Å². The SMILES string of the molecule is CC(=O)c1cccc(-c2cn3nc(NCCc4ccc(S(N)(=O)=O)cc4)sc3n2)c1. The largest absolute Gasteiger partial charge is 0.360 e. The van der Waals surface area contributed by atoms with Crippen LogP contribution in [0.2, 0.25) is 0 Å². The van der Waals surface area contributed by atoms with Gasteiger partial charge in [0, 0.05) is 17.7 Å². The maximum absolute atomic E-state index is 11.6. The fourth-order valence-electron chi connectivity index (χ4n) is 2.97. The minimum absolute atomic E-state index is 0.0155. The second-order valence-electron chi connectivity index (χ2n) is 6.76. The molecule has 0 radical (unpaired) electrons. The summed E-state index contributed by atoms with van der Waals surface area (Å²) in [5.74, 6) is 0.0155. The maximum atomic E-state index is 11.6. The molecule has 0 bridgehead atoms. The summed E-state index contributed by atoms with van der Waals surface area (Å²) in [6.45, 7) is 2.18. The van der Waals surface area contributed by atoms with E-state index in [2.05, 4.69) is 15.4 Å². The van der Waals surface area contributed by atoms with Crippen LogP contribution in [0.15, 0.2) is 59.6 Å². The zero-order valence-electron chi connectivity index (χ0n) is 16.1. The number of carbonyl (C=O) groups excluding carboxylic acids is 1. The van der Waals surface area contributed by atoms with Gasteiger partial charge < -0.3 is 5.32 Å². The number of hydrogen-bond acceptors (Lipinski definition) is 7. The molecule has 30 heavy (non-hydrogen) atoms. The monoisotopic (exact) mass is 441 g/mol. The fourth-order valence-corrected chi connectivity index (χ4v) is 4.29. The van der Waals surface area contributed by atoms with Crippen LogP contribution in [0.3, 0.4) is 0 Å². The van der Waals surface area contributed by atoms with Crippen molar-refractivity contribution in [3.8, 4) is 11.3 Å². The van der Waals surface area contributed by atoms with Gasteiger partial charge in [0.15, 0.2) is 5.78 Å². The second-order valence-corrected chi connectivity index (χ2v) is 9.28. The molecule has 4 rings (SSSR count). The average Bonchev–Trinajstić information content (AvgIpc) is 3.27. The summed E-state index contributed by atoms with van der Waals surface area (Å²) in [7, 11) is -3.67. The Kier molecular flexibility index (Phi) is 5.37. The van der Waals surface area contributed by atoms with E-state index in [0.717, 1.165) is 26.9 Å². The third-order valence-corrected chi connectivity index (χ3v) is 6.36. The number of nitrogens with one attached hydrogen (secondary N) is 1. The van der Waals surface area contributed by atoms with Crippen molar-refractivity contribution in [3.05, 3.63) is 65.9 Å². The third-order valence-electron chi connectivity index (χ3n) is 4.55. The van der Waals surface area contributed by atoms with E-state index in [1.54, 1.807) is 29.6 Å². The predicted molar refractivity (Wildman–Crippen MR) is 116 cm³/mol. The van der Waals surface area contributed by atoms with Crippen molar-refractivity contribution in [2.45, 2.75) is 18.2 Å². The van der Waals surface area contributed by atoms with E-state index in [0.29, 0.717) is 18.5 Å². The Balaban J connectivity index is 1.41. The van der Waals surface area contributed by atoms with Gasteiger partial charge in [-0.3, -0.25) is 4.79 Å². The van der Waals surface area contributed by atoms with Crippen molar-refractivity contribution >= 4 is 37.2 Å². The summed E-state index contributed by atoms with van der Waals surface area (Å²) < 4.78 is 24.3. The van der Waals surface area contributed by atoms with Crippen molar-refractivity contribution in [1.29, 1.82) is 0 Å². The molecule has 2 heterocycles. The summed E-state index contributed by atoms with van der Waals surface area (Å²) >= 11 is 1.43. The molecule has 154 valence electrons. The first-order valence-electron chi connectivity index (χ1n) is 9.13. The van der Waals surface area contributed by atoms with Gasteiger partial charge in [-0.05, 0) is 37.1 Å². The number of Topliss-reactive ketones (excluding diaryl/α,β-unsaturated/α-hetero) is 1. The van der Waals surface area contributed by atoms with E-state index >= 15 is 0 Å². The first-order valence-corrected chi connectivity index (χ1v) is 11.5. The Morgan fingerprint density at radius 1 is 1.20 bits per heavy atom. The van der Waals surface area contributed by atoms with Crippen molar-refractivity contribution in [2.75, 3.05) is 11.9 Å². The summed E-state index contributed by atoms with van der Waals surface area (Å²) in [4.78, 5) is 17.0. The van der Waals surface area contributed by atoms with Gasteiger partial charge in [-0.15, -0.1) is 5.10 Å². The number of hydrogen-bond donors (Lipinski definition) is 2. The molecular weight excluding hydrogens is 422 g/mol. The quantitative estimate of drug-likeness (QED) is 0.426. The van der Waals surface area contributed by atoms with Crippen molar-refractivity contribution in [3.63, 3.8) is 0 Å². The topological polar surface area (TPSA) is 119 Å². The van der Waals surface area contributed by atoms with E-state index in [9.17, 15) is 13.2 Å². The smallest absolute Gasteiger partial charge is 0.238 e. The zero-order valence-corrected chi connectivity index (χ0v) is 17.7. The highest BCUT2D eigenvalue weighted by Gasteiger charge is 2.11. The molecule has 0 aliphatic heterocycles. The van der Waals surface area contributed by atoms with Crippen LogP contribution in [0.4, 0.5) is 5.13 Å². The molecular formula is C20H19N5O3S2. The van der Waals surface area contributed by atoms with Crippen LogP contribution in [0.1, 0.15) is 22.8 Å². The van der Waals surface area contributed by atoms with Gasteiger partial charge in [-0.1, -0.05) is 41.7 Å². The lowest BCUT2D eigenvalue weighted by molar-refractivity contribution is 0.101. The van der Waals surface area contributed by atoms with Crippen molar-refractivity contribution in [2.24, 2.45) is 5.14 Å². The molecule has 0 fully saturated rings. The Morgan fingerprint density at radius 2 is 1.97 bits per heavy atom. The zero-order chi connectivity index (χ0) is 21.3. The standard InChI is InChI=1S/C20H19N5O3S2/c1-13(26)15-3-2-4-16(11-15)18-12-25-20(23-18)29-19(24-25)22-10-9-14-5-7-17(8-6-14)30(21,27)28/h2-8,11-12H,9-10H2,1H3,(H,22,24)(H2,21,27,28). The van der Waals surface area contributed by atoms with Crippen LogP contribution in [0, 0.1) is 0 Å². The van der Waals surface area contributed by atoms with Gasteiger partial charge in [-0.25, -0.2) is 23.1 Å². The van der Waals surface area contributed by atoms with Crippen LogP contribution in [0.25, 0.3) is 16.2 Å². The van der Waals surface area contributed by atoms with Gasteiger partial charge in [0.25, 0.3) is 0 Å². The summed E-state index contributed by atoms with van der Waals surface area (Å²) in [6, 6.07) is 13.9. The highest BCUT2D eigenvalue weighted by Crippen LogP contribution is 2.25. The molecule has 8 nitrogen and oxygen atoms in total. The van der Waals surface area contributed by atoms with E-state index < -0.39 is 10.0 Å². The Bertz CT molecular complexity index is 1290. The molecule has 0 saturated heterocycles. The van der Waals surface area contributed by atoms with Gasteiger partial charge >= 0.3 is 0 Å². The first-order chi connectivity index (χ1) is 14.3. The molecule has 4 aromatic rings. The van der Waals surface area contributed by atoms with Crippen LogP contribution in [-0.4, -0.2) is 35.3 Å². The van der Waals surface area contributed by atoms with Gasteiger partial charge in [0.1, 0.15) is 0 Å². The number of rotatable bonds is 7. The number of sulfonamides is 1. The maximum Gasteiger partial charge on any atom is 0.238 e. The molecule has 0 spiro atoms. The number of nitrogens with two attached hydrogens (primary N) is 1. The first kappa shape index (κ1) is 20.2. The number of nitrogens with zero attached hydrogens (tertiary/aromatic N) is 3. The minimum Gasteiger partial charge on any atom is -0.360 e. The Labute approximate surface area is 177 Å². The number of primary sulfonamides is 1. The number of ketones is 1. The Morgan fingerprint density at radius 3 is 2.63 bits per heavy atom. The van der Waals surface area contributed by atoms with E-state index in [4.69, 9.17) is 5.14 Å².